The van der Waals surface area contributed by atoms with Gasteiger partial charge in [0, 0.05) is 11.1 Å². The quantitative estimate of drug-likeness (QED) is 0.701. The van der Waals surface area contributed by atoms with E-state index in [0.29, 0.717) is 5.75 Å². The first-order chi connectivity index (χ1) is 8.31. The van der Waals surface area contributed by atoms with Crippen molar-refractivity contribution in [1.82, 2.24) is 0 Å². The lowest BCUT2D eigenvalue weighted by molar-refractivity contribution is 0.482. The molecule has 0 aliphatic heterocycles. The van der Waals surface area contributed by atoms with Crippen LogP contribution in [0.1, 0.15) is 11.1 Å². The second kappa shape index (κ2) is 4.92. The molecule has 2 aromatic carbocycles. The van der Waals surface area contributed by atoms with Crippen LogP contribution in [0.4, 0.5) is 0 Å². The minimum Gasteiger partial charge on any atom is -0.457 e. The molecule has 17 heavy (non-hydrogen) atoms. The Morgan fingerprint density at radius 1 is 0.765 bits per heavy atom. The molecule has 0 fully saturated rings. The Morgan fingerprint density at radius 2 is 1.47 bits per heavy atom. The standard InChI is InChI=1S/C16H10O/c1-3-13-8-10-15(11-9-13)17-16-7-5-6-14(4-2)12-16/h1-2,5-12H. The summed E-state index contributed by atoms with van der Waals surface area (Å²) < 4.78 is 5.66. The average Bonchev–Trinajstić information content (AvgIpc) is 2.40. The van der Waals surface area contributed by atoms with Crippen molar-refractivity contribution in [2.45, 2.75) is 0 Å². The highest BCUT2D eigenvalue weighted by Crippen LogP contribution is 2.22. The van der Waals surface area contributed by atoms with E-state index < -0.39 is 0 Å². The summed E-state index contributed by atoms with van der Waals surface area (Å²) in [5.74, 6) is 6.57. The first-order valence-corrected chi connectivity index (χ1v) is 5.13. The lowest BCUT2D eigenvalue weighted by atomic mass is 10.2. The van der Waals surface area contributed by atoms with Gasteiger partial charge < -0.3 is 4.74 Å². The van der Waals surface area contributed by atoms with Gasteiger partial charge in [0.25, 0.3) is 0 Å². The summed E-state index contributed by atoms with van der Waals surface area (Å²) in [5, 5.41) is 0. The Morgan fingerprint density at radius 3 is 2.12 bits per heavy atom. The predicted octanol–water partition coefficient (Wildman–Crippen LogP) is 3.44. The van der Waals surface area contributed by atoms with Gasteiger partial charge in [0.2, 0.25) is 0 Å². The molecular weight excluding hydrogens is 208 g/mol. The fourth-order valence-corrected chi connectivity index (χ4v) is 1.40. The van der Waals surface area contributed by atoms with E-state index in [9.17, 15) is 0 Å². The molecule has 0 saturated carbocycles. The molecule has 0 aliphatic carbocycles. The van der Waals surface area contributed by atoms with Crippen molar-refractivity contribution in [3.05, 3.63) is 59.7 Å². The number of hydrogen-bond acceptors (Lipinski definition) is 1. The third-order valence-electron chi connectivity index (χ3n) is 2.26. The van der Waals surface area contributed by atoms with E-state index in [-0.39, 0.29) is 0 Å². The molecule has 2 rings (SSSR count). The van der Waals surface area contributed by atoms with E-state index in [4.69, 9.17) is 17.6 Å². The van der Waals surface area contributed by atoms with E-state index in [2.05, 4.69) is 11.8 Å². The van der Waals surface area contributed by atoms with E-state index in [1.165, 1.54) is 0 Å². The van der Waals surface area contributed by atoms with Gasteiger partial charge in [0.05, 0.1) is 0 Å². The number of hydrogen-bond donors (Lipinski definition) is 0. The van der Waals surface area contributed by atoms with Crippen LogP contribution in [0.5, 0.6) is 11.5 Å². The van der Waals surface area contributed by atoms with Crippen LogP contribution in [0, 0.1) is 24.7 Å². The van der Waals surface area contributed by atoms with Crippen molar-refractivity contribution >= 4 is 0 Å². The molecule has 1 heteroatoms. The first-order valence-electron chi connectivity index (χ1n) is 5.13. The van der Waals surface area contributed by atoms with Gasteiger partial charge in [-0.15, -0.1) is 12.8 Å². The van der Waals surface area contributed by atoms with E-state index in [0.717, 1.165) is 16.9 Å². The average molecular weight is 218 g/mol. The van der Waals surface area contributed by atoms with E-state index in [1.807, 2.05) is 48.5 Å². The van der Waals surface area contributed by atoms with Gasteiger partial charge in [0.1, 0.15) is 11.5 Å². The summed E-state index contributed by atoms with van der Waals surface area (Å²) in [6, 6.07) is 14.7. The maximum Gasteiger partial charge on any atom is 0.128 e. The van der Waals surface area contributed by atoms with Crippen LogP contribution in [-0.2, 0) is 0 Å². The Balaban J connectivity index is 2.20. The summed E-state index contributed by atoms with van der Waals surface area (Å²) in [6.45, 7) is 0. The second-order valence-electron chi connectivity index (χ2n) is 3.44. The second-order valence-corrected chi connectivity index (χ2v) is 3.44. The maximum absolute atomic E-state index is 5.66. The summed E-state index contributed by atoms with van der Waals surface area (Å²) in [6.07, 6.45) is 10.6. The van der Waals surface area contributed by atoms with Gasteiger partial charge >= 0.3 is 0 Å². The van der Waals surface area contributed by atoms with Crippen LogP contribution in [-0.4, -0.2) is 0 Å². The first kappa shape index (κ1) is 10.9. The van der Waals surface area contributed by atoms with Gasteiger partial charge in [-0.1, -0.05) is 17.9 Å². The molecule has 0 saturated heterocycles. The maximum atomic E-state index is 5.66. The molecule has 2 aromatic rings. The molecule has 1 nitrogen and oxygen atoms in total. The summed E-state index contributed by atoms with van der Waals surface area (Å²) in [4.78, 5) is 0. The predicted molar refractivity (Wildman–Crippen MR) is 68.8 cm³/mol. The molecule has 0 heterocycles. The van der Waals surface area contributed by atoms with Crippen molar-refractivity contribution in [2.24, 2.45) is 0 Å². The van der Waals surface area contributed by atoms with Crippen molar-refractivity contribution in [1.29, 1.82) is 0 Å². The van der Waals surface area contributed by atoms with Crippen molar-refractivity contribution < 1.29 is 4.74 Å². The lowest BCUT2D eigenvalue weighted by Gasteiger charge is -2.05. The van der Waals surface area contributed by atoms with Crippen molar-refractivity contribution in [3.8, 4) is 36.2 Å². The fraction of sp³-hybridized carbons (Fsp3) is 0. The normalized spacial score (nSPS) is 9.06. The number of terminal acetylenes is 2. The summed E-state index contributed by atoms with van der Waals surface area (Å²) in [7, 11) is 0. The SMILES string of the molecule is C#Cc1ccc(Oc2cccc(C#C)c2)cc1. The lowest BCUT2D eigenvalue weighted by Crippen LogP contribution is -1.85. The Labute approximate surface area is 101 Å². The molecule has 0 spiro atoms. The fourth-order valence-electron chi connectivity index (χ4n) is 1.40. The third kappa shape index (κ3) is 2.68. The molecule has 0 bridgehead atoms. The van der Waals surface area contributed by atoms with Crippen LogP contribution in [0.15, 0.2) is 48.5 Å². The van der Waals surface area contributed by atoms with Gasteiger partial charge in [-0.2, -0.15) is 0 Å². The summed E-state index contributed by atoms with van der Waals surface area (Å²) >= 11 is 0. The van der Waals surface area contributed by atoms with Crippen LogP contribution in [0.3, 0.4) is 0 Å². The summed E-state index contributed by atoms with van der Waals surface area (Å²) in [5.41, 5.74) is 1.62. The molecule has 0 unspecified atom stereocenters. The minimum absolute atomic E-state index is 0.717. The third-order valence-corrected chi connectivity index (χ3v) is 2.26. The Bertz CT molecular complexity index is 595. The number of rotatable bonds is 2. The largest absolute Gasteiger partial charge is 0.457 e. The van der Waals surface area contributed by atoms with E-state index in [1.54, 1.807) is 0 Å². The zero-order chi connectivity index (χ0) is 12.1. The van der Waals surface area contributed by atoms with Gasteiger partial charge in [-0.3, -0.25) is 0 Å². The van der Waals surface area contributed by atoms with Crippen molar-refractivity contribution in [3.63, 3.8) is 0 Å². The highest BCUT2D eigenvalue weighted by Gasteiger charge is 1.97. The topological polar surface area (TPSA) is 9.23 Å². The molecule has 0 atom stereocenters. The van der Waals surface area contributed by atoms with Gasteiger partial charge in [-0.05, 0) is 42.5 Å². The molecular formula is C16H10O. The van der Waals surface area contributed by atoms with Crippen molar-refractivity contribution in [2.75, 3.05) is 0 Å². The molecule has 80 valence electrons. The van der Waals surface area contributed by atoms with Crippen LogP contribution in [0.25, 0.3) is 0 Å². The highest BCUT2D eigenvalue weighted by molar-refractivity contribution is 5.42. The molecule has 0 radical (unpaired) electrons. The van der Waals surface area contributed by atoms with Gasteiger partial charge in [0.15, 0.2) is 0 Å². The molecule has 0 aliphatic rings. The van der Waals surface area contributed by atoms with Crippen LogP contribution >= 0.6 is 0 Å². The van der Waals surface area contributed by atoms with Gasteiger partial charge in [-0.25, -0.2) is 0 Å². The smallest absolute Gasteiger partial charge is 0.128 e. The van der Waals surface area contributed by atoms with Crippen LogP contribution in [0.2, 0.25) is 0 Å². The number of ether oxygens (including phenoxy) is 1. The molecule has 0 N–H and O–H groups in total. The number of benzene rings is 2. The van der Waals surface area contributed by atoms with Crippen LogP contribution < -0.4 is 4.74 Å². The monoisotopic (exact) mass is 218 g/mol. The highest BCUT2D eigenvalue weighted by atomic mass is 16.5. The zero-order valence-corrected chi connectivity index (χ0v) is 9.18. The minimum atomic E-state index is 0.717. The molecule has 0 aromatic heterocycles. The zero-order valence-electron chi connectivity index (χ0n) is 9.18. The molecule has 0 amide bonds. The Kier molecular flexibility index (Phi) is 3.15. The Hall–Kier alpha value is -2.64. The van der Waals surface area contributed by atoms with E-state index >= 15 is 0 Å².